The van der Waals surface area contributed by atoms with Gasteiger partial charge in [0, 0.05) is 12.1 Å². The number of carbonyl (C=O) groups excluding carboxylic acids is 1. The lowest BCUT2D eigenvalue weighted by Crippen LogP contribution is -2.31. The highest BCUT2D eigenvalue weighted by molar-refractivity contribution is 6.30. The zero-order valence-corrected chi connectivity index (χ0v) is 16.8. The van der Waals surface area contributed by atoms with Gasteiger partial charge in [0.1, 0.15) is 0 Å². The molecule has 0 saturated carbocycles. The molecule has 1 amide bonds. The van der Waals surface area contributed by atoms with Gasteiger partial charge in [-0.05, 0) is 29.7 Å². The molecule has 27 heavy (non-hydrogen) atoms. The minimum absolute atomic E-state index is 0.00172. The van der Waals surface area contributed by atoms with Crippen molar-refractivity contribution in [3.63, 3.8) is 0 Å². The van der Waals surface area contributed by atoms with Crippen LogP contribution in [0.4, 0.5) is 5.82 Å². The number of hydrogen-bond donors (Lipinski definition) is 0. The lowest BCUT2D eigenvalue weighted by atomic mass is 10.1. The second kappa shape index (κ2) is 8.61. The lowest BCUT2D eigenvalue weighted by molar-refractivity contribution is -0.117. The number of imidazole rings is 1. The second-order valence-corrected chi connectivity index (χ2v) is 7.36. The van der Waals surface area contributed by atoms with Gasteiger partial charge in [0.25, 0.3) is 6.01 Å². The van der Waals surface area contributed by atoms with Crippen molar-refractivity contribution in [3.05, 3.63) is 47.1 Å². The number of rotatable bonds is 8. The number of benzene rings is 1. The zero-order valence-electron chi connectivity index (χ0n) is 16.0. The molecule has 5 nitrogen and oxygen atoms in total. The quantitative estimate of drug-likeness (QED) is 0.604. The van der Waals surface area contributed by atoms with Crippen LogP contribution in [0.5, 0.6) is 6.01 Å². The van der Waals surface area contributed by atoms with Crippen molar-refractivity contribution in [1.82, 2.24) is 9.55 Å². The summed E-state index contributed by atoms with van der Waals surface area (Å²) < 4.78 is 8.03. The first kappa shape index (κ1) is 19.5. The molecule has 0 fully saturated rings. The maximum absolute atomic E-state index is 12.2. The number of halogens is 1. The summed E-state index contributed by atoms with van der Waals surface area (Å²) in [6.45, 7) is 7.49. The third-order valence-electron chi connectivity index (χ3n) is 4.79. The number of amides is 1. The lowest BCUT2D eigenvalue weighted by Gasteiger charge is -2.24. The first-order valence-corrected chi connectivity index (χ1v) is 9.81. The third kappa shape index (κ3) is 4.35. The first-order valence-electron chi connectivity index (χ1n) is 9.43. The van der Waals surface area contributed by atoms with Crippen LogP contribution in [0.15, 0.2) is 30.8 Å². The molecule has 2 aromatic rings. The number of ether oxygens (including phenoxy) is 1. The molecule has 144 valence electrons. The van der Waals surface area contributed by atoms with Gasteiger partial charge >= 0.3 is 0 Å². The normalized spacial score (nSPS) is 13.8. The molecule has 0 aliphatic carbocycles. The fourth-order valence-electron chi connectivity index (χ4n) is 3.23. The van der Waals surface area contributed by atoms with E-state index < -0.39 is 0 Å². The average Bonchev–Trinajstić information content (AvgIpc) is 3.00. The van der Waals surface area contributed by atoms with E-state index in [2.05, 4.69) is 18.5 Å². The molecule has 0 spiro atoms. The first-order chi connectivity index (χ1) is 13.0. The number of fused-ring (bicyclic) bond motifs is 1. The molecule has 1 aromatic carbocycles. The molecule has 0 saturated heterocycles. The van der Waals surface area contributed by atoms with Crippen LogP contribution in [0.1, 0.15) is 50.3 Å². The monoisotopic (exact) mass is 387 g/mol. The Hall–Kier alpha value is -2.27. The van der Waals surface area contributed by atoms with Crippen LogP contribution in [0.25, 0.3) is 5.57 Å². The van der Waals surface area contributed by atoms with Gasteiger partial charge in [-0.2, -0.15) is 4.98 Å². The minimum atomic E-state index is -0.00172. The smallest absolute Gasteiger partial charge is 0.299 e. The summed E-state index contributed by atoms with van der Waals surface area (Å²) >= 11 is 6.01. The molecule has 1 aliphatic rings. The molecule has 2 heterocycles. The zero-order chi connectivity index (χ0) is 19.4. The van der Waals surface area contributed by atoms with E-state index in [0.717, 1.165) is 29.7 Å². The van der Waals surface area contributed by atoms with Crippen molar-refractivity contribution < 1.29 is 9.53 Å². The Morgan fingerprint density at radius 1 is 1.22 bits per heavy atom. The van der Waals surface area contributed by atoms with Gasteiger partial charge in [0.05, 0.1) is 25.3 Å². The van der Waals surface area contributed by atoms with Gasteiger partial charge < -0.3 is 4.74 Å². The number of hydrogen-bond acceptors (Lipinski definition) is 3. The van der Waals surface area contributed by atoms with Crippen molar-refractivity contribution in [2.45, 2.75) is 45.6 Å². The Kier molecular flexibility index (Phi) is 6.22. The van der Waals surface area contributed by atoms with Crippen LogP contribution >= 0.6 is 11.6 Å². The Bertz CT molecular complexity index is 827. The highest BCUT2D eigenvalue weighted by Gasteiger charge is 2.31. The van der Waals surface area contributed by atoms with E-state index >= 15 is 0 Å². The molecule has 1 aromatic heterocycles. The topological polar surface area (TPSA) is 47.4 Å². The van der Waals surface area contributed by atoms with E-state index in [1.165, 1.54) is 12.8 Å². The fraction of sp³-hybridized carbons (Fsp3) is 0.429. The molecule has 1 aliphatic heterocycles. The summed E-state index contributed by atoms with van der Waals surface area (Å²) in [4.78, 5) is 18.4. The van der Waals surface area contributed by atoms with Crippen molar-refractivity contribution >= 4 is 28.9 Å². The second-order valence-electron chi connectivity index (χ2n) is 6.92. The molecule has 3 rings (SSSR count). The maximum Gasteiger partial charge on any atom is 0.299 e. The van der Waals surface area contributed by atoms with Crippen LogP contribution in [0.2, 0.25) is 5.02 Å². The van der Waals surface area contributed by atoms with Crippen LogP contribution in [-0.4, -0.2) is 29.1 Å². The Morgan fingerprint density at radius 3 is 2.67 bits per heavy atom. The van der Waals surface area contributed by atoms with Crippen molar-refractivity contribution in [2.75, 3.05) is 18.6 Å². The predicted octanol–water partition coefficient (Wildman–Crippen LogP) is 4.92. The Balaban J connectivity index is 1.90. The molecule has 0 unspecified atom stereocenters. The molecular weight excluding hydrogens is 362 g/mol. The summed E-state index contributed by atoms with van der Waals surface area (Å²) in [6.07, 6.45) is 4.81. The summed E-state index contributed by atoms with van der Waals surface area (Å²) in [6, 6.07) is 8.25. The van der Waals surface area contributed by atoms with E-state index in [-0.39, 0.29) is 5.91 Å². The van der Waals surface area contributed by atoms with E-state index in [1.54, 1.807) is 11.9 Å². The fourth-order valence-corrected chi connectivity index (χ4v) is 3.35. The van der Waals surface area contributed by atoms with Gasteiger partial charge in [0.2, 0.25) is 5.91 Å². The summed E-state index contributed by atoms with van der Waals surface area (Å²) in [7, 11) is 1.75. The summed E-state index contributed by atoms with van der Waals surface area (Å²) in [5.74, 6) is 0.618. The summed E-state index contributed by atoms with van der Waals surface area (Å²) in [5.41, 5.74) is 2.73. The van der Waals surface area contributed by atoms with Gasteiger partial charge in [-0.25, -0.2) is 0 Å². The van der Waals surface area contributed by atoms with Gasteiger partial charge in [-0.3, -0.25) is 14.3 Å². The minimum Gasteiger partial charge on any atom is -0.465 e. The van der Waals surface area contributed by atoms with Crippen molar-refractivity contribution in [1.29, 1.82) is 0 Å². The third-order valence-corrected chi connectivity index (χ3v) is 5.04. The van der Waals surface area contributed by atoms with Crippen LogP contribution < -0.4 is 9.64 Å². The number of unbranched alkanes of at least 4 members (excludes halogenated alkanes) is 3. The number of aromatic nitrogens is 2. The highest BCUT2D eigenvalue weighted by Crippen LogP contribution is 2.37. The van der Waals surface area contributed by atoms with Crippen LogP contribution in [0.3, 0.4) is 0 Å². The van der Waals surface area contributed by atoms with Crippen LogP contribution in [-0.2, 0) is 11.3 Å². The number of carbonyl (C=O) groups is 1. The van der Waals surface area contributed by atoms with Gasteiger partial charge in [0.15, 0.2) is 5.82 Å². The highest BCUT2D eigenvalue weighted by atomic mass is 35.5. The molecule has 0 radical (unpaired) electrons. The van der Waals surface area contributed by atoms with Crippen molar-refractivity contribution in [2.24, 2.45) is 0 Å². The summed E-state index contributed by atoms with van der Waals surface area (Å²) in [5, 5.41) is 0.702. The predicted molar refractivity (Wildman–Crippen MR) is 109 cm³/mol. The van der Waals surface area contributed by atoms with Crippen molar-refractivity contribution in [3.8, 4) is 6.01 Å². The Morgan fingerprint density at radius 2 is 1.96 bits per heavy atom. The molecule has 6 heteroatoms. The maximum atomic E-state index is 12.2. The SMILES string of the molecule is C=C1CC(=O)N(C)c2nc(OCCCCCC)n(Cc3ccc(Cl)cc3)c21. The largest absolute Gasteiger partial charge is 0.465 e. The van der Waals surface area contributed by atoms with E-state index in [0.29, 0.717) is 36.4 Å². The van der Waals surface area contributed by atoms with E-state index in [9.17, 15) is 4.79 Å². The van der Waals surface area contributed by atoms with Gasteiger partial charge in [-0.1, -0.05) is 56.5 Å². The van der Waals surface area contributed by atoms with E-state index in [4.69, 9.17) is 16.3 Å². The molecule has 0 N–H and O–H groups in total. The average molecular weight is 388 g/mol. The number of nitrogens with zero attached hydrogens (tertiary/aromatic N) is 3. The van der Waals surface area contributed by atoms with Crippen LogP contribution in [0, 0.1) is 0 Å². The molecular formula is C21H26ClN3O2. The molecule has 0 bridgehead atoms. The van der Waals surface area contributed by atoms with Gasteiger partial charge in [-0.15, -0.1) is 0 Å². The Labute approximate surface area is 165 Å². The van der Waals surface area contributed by atoms with E-state index in [1.807, 2.05) is 28.8 Å². The standard InChI is InChI=1S/C21H26ClN3O2/c1-4-5-6-7-12-27-21-23-20-19(15(2)13-18(26)24(20)3)25(21)14-16-8-10-17(22)11-9-16/h8-11H,2,4-7,12-14H2,1,3H3. The molecule has 0 atom stereocenters. The number of anilines is 1.